The minimum atomic E-state index is -0.0643. The summed E-state index contributed by atoms with van der Waals surface area (Å²) in [6.07, 6.45) is 0. The standard InChI is InChI=1S/C29H29ClN4O3/c1-36-24-11-12-25(28(18-24)37-2)26-19-27(34(31-26)23-10-6-9-22(30)17-23)29(35)33-15-13-32(14-16-33)20-21-7-4-3-5-8-21/h3-12,17-19H,13-16,20H2,1-2H3. The highest BCUT2D eigenvalue weighted by atomic mass is 35.5. The lowest BCUT2D eigenvalue weighted by molar-refractivity contribution is 0.0619. The van der Waals surface area contributed by atoms with Gasteiger partial charge < -0.3 is 14.4 Å². The Bertz CT molecular complexity index is 1380. The molecule has 0 saturated carbocycles. The fraction of sp³-hybridized carbons (Fsp3) is 0.241. The molecule has 1 aliphatic rings. The number of ether oxygens (including phenoxy) is 2. The van der Waals surface area contributed by atoms with Crippen molar-refractivity contribution in [3.8, 4) is 28.4 Å². The molecule has 0 atom stereocenters. The number of amides is 1. The van der Waals surface area contributed by atoms with Gasteiger partial charge in [0.15, 0.2) is 0 Å². The number of piperazine rings is 1. The first-order valence-electron chi connectivity index (χ1n) is 12.2. The summed E-state index contributed by atoms with van der Waals surface area (Å²) in [4.78, 5) is 18.1. The molecular formula is C29H29ClN4O3. The van der Waals surface area contributed by atoms with E-state index in [-0.39, 0.29) is 5.91 Å². The molecule has 4 aromatic rings. The summed E-state index contributed by atoms with van der Waals surface area (Å²) < 4.78 is 12.6. The smallest absolute Gasteiger partial charge is 0.272 e. The SMILES string of the molecule is COc1ccc(-c2cc(C(=O)N3CCN(Cc4ccccc4)CC3)n(-c3cccc(Cl)c3)n2)c(OC)c1. The van der Waals surface area contributed by atoms with E-state index in [4.69, 9.17) is 26.2 Å². The van der Waals surface area contributed by atoms with Gasteiger partial charge in [-0.3, -0.25) is 9.69 Å². The molecule has 7 nitrogen and oxygen atoms in total. The van der Waals surface area contributed by atoms with E-state index in [1.807, 2.05) is 41.3 Å². The van der Waals surface area contributed by atoms with Gasteiger partial charge in [0.1, 0.15) is 17.2 Å². The Hall–Kier alpha value is -3.81. The molecule has 1 fully saturated rings. The van der Waals surface area contributed by atoms with Gasteiger partial charge >= 0.3 is 0 Å². The van der Waals surface area contributed by atoms with E-state index in [0.29, 0.717) is 41.0 Å². The van der Waals surface area contributed by atoms with Crippen LogP contribution in [0.3, 0.4) is 0 Å². The van der Waals surface area contributed by atoms with Crippen LogP contribution in [0.4, 0.5) is 0 Å². The predicted molar refractivity (Wildman–Crippen MR) is 145 cm³/mol. The van der Waals surface area contributed by atoms with Crippen molar-refractivity contribution in [1.82, 2.24) is 19.6 Å². The molecule has 0 unspecified atom stereocenters. The zero-order chi connectivity index (χ0) is 25.8. The lowest BCUT2D eigenvalue weighted by Crippen LogP contribution is -2.48. The van der Waals surface area contributed by atoms with Crippen LogP contribution in [-0.2, 0) is 6.54 Å². The second kappa shape index (κ2) is 11.1. The lowest BCUT2D eigenvalue weighted by atomic mass is 10.1. The zero-order valence-corrected chi connectivity index (χ0v) is 21.7. The van der Waals surface area contributed by atoms with Gasteiger partial charge in [-0.2, -0.15) is 5.10 Å². The van der Waals surface area contributed by atoms with Crippen molar-refractivity contribution in [2.75, 3.05) is 40.4 Å². The minimum absolute atomic E-state index is 0.0643. The molecule has 0 N–H and O–H groups in total. The molecule has 1 aliphatic heterocycles. The van der Waals surface area contributed by atoms with E-state index in [9.17, 15) is 4.79 Å². The summed E-state index contributed by atoms with van der Waals surface area (Å²) >= 11 is 6.29. The van der Waals surface area contributed by atoms with Gasteiger partial charge in [0.05, 0.1) is 25.6 Å². The van der Waals surface area contributed by atoms with Gasteiger partial charge in [0.2, 0.25) is 0 Å². The van der Waals surface area contributed by atoms with Crippen molar-refractivity contribution in [3.05, 3.63) is 95.1 Å². The summed E-state index contributed by atoms with van der Waals surface area (Å²) in [5.41, 5.74) is 3.87. The van der Waals surface area contributed by atoms with Crippen molar-refractivity contribution >= 4 is 17.5 Å². The largest absolute Gasteiger partial charge is 0.497 e. The molecule has 1 saturated heterocycles. The van der Waals surface area contributed by atoms with Crippen molar-refractivity contribution < 1.29 is 14.3 Å². The number of hydrogen-bond donors (Lipinski definition) is 0. The fourth-order valence-electron chi connectivity index (χ4n) is 4.59. The van der Waals surface area contributed by atoms with Crippen LogP contribution in [0.1, 0.15) is 16.1 Å². The first-order valence-corrected chi connectivity index (χ1v) is 12.6. The van der Waals surface area contributed by atoms with Crippen molar-refractivity contribution in [2.24, 2.45) is 0 Å². The van der Waals surface area contributed by atoms with E-state index in [1.165, 1.54) is 5.56 Å². The van der Waals surface area contributed by atoms with Crippen LogP contribution in [0.5, 0.6) is 11.5 Å². The maximum atomic E-state index is 13.8. The second-order valence-corrected chi connectivity index (χ2v) is 9.36. The van der Waals surface area contributed by atoms with E-state index in [1.54, 1.807) is 37.1 Å². The van der Waals surface area contributed by atoms with Crippen LogP contribution in [0, 0.1) is 0 Å². The highest BCUT2D eigenvalue weighted by molar-refractivity contribution is 6.30. The van der Waals surface area contributed by atoms with Gasteiger partial charge in [-0.05, 0) is 42.0 Å². The van der Waals surface area contributed by atoms with Crippen LogP contribution in [0.25, 0.3) is 16.9 Å². The average Bonchev–Trinajstić information content (AvgIpc) is 3.38. The number of carbonyl (C=O) groups is 1. The summed E-state index contributed by atoms with van der Waals surface area (Å²) in [6.45, 7) is 3.79. The number of carbonyl (C=O) groups excluding carboxylic acids is 1. The Morgan fingerprint density at radius 1 is 0.892 bits per heavy atom. The summed E-state index contributed by atoms with van der Waals surface area (Å²) in [6, 6.07) is 25.1. The molecule has 0 bridgehead atoms. The van der Waals surface area contributed by atoms with Crippen molar-refractivity contribution in [1.29, 1.82) is 0 Å². The first-order chi connectivity index (χ1) is 18.1. The quantitative estimate of drug-likeness (QED) is 0.339. The summed E-state index contributed by atoms with van der Waals surface area (Å²) in [5, 5.41) is 5.40. The van der Waals surface area contributed by atoms with Crippen LogP contribution in [0.2, 0.25) is 5.02 Å². The molecule has 0 aliphatic carbocycles. The number of benzene rings is 3. The summed E-state index contributed by atoms with van der Waals surface area (Å²) in [7, 11) is 3.21. The third kappa shape index (κ3) is 5.48. The Labute approximate surface area is 221 Å². The average molecular weight is 517 g/mol. The van der Waals surface area contributed by atoms with E-state index >= 15 is 0 Å². The Kier molecular flexibility index (Phi) is 7.44. The number of hydrogen-bond acceptors (Lipinski definition) is 5. The zero-order valence-electron chi connectivity index (χ0n) is 20.9. The molecule has 0 radical (unpaired) electrons. The second-order valence-electron chi connectivity index (χ2n) is 8.93. The van der Waals surface area contributed by atoms with Crippen molar-refractivity contribution in [3.63, 3.8) is 0 Å². The predicted octanol–water partition coefficient (Wildman–Crippen LogP) is 5.17. The Morgan fingerprint density at radius 2 is 1.68 bits per heavy atom. The number of nitrogens with zero attached hydrogens (tertiary/aromatic N) is 4. The number of aromatic nitrogens is 2. The van der Waals surface area contributed by atoms with E-state index in [0.717, 1.165) is 30.9 Å². The van der Waals surface area contributed by atoms with Gasteiger partial charge in [0.25, 0.3) is 5.91 Å². The molecule has 1 aromatic heterocycles. The maximum Gasteiger partial charge on any atom is 0.272 e. The summed E-state index contributed by atoms with van der Waals surface area (Å²) in [5.74, 6) is 1.23. The van der Waals surface area contributed by atoms with Gasteiger partial charge in [-0.1, -0.05) is 48.0 Å². The molecular weight excluding hydrogens is 488 g/mol. The van der Waals surface area contributed by atoms with E-state index in [2.05, 4.69) is 29.2 Å². The van der Waals surface area contributed by atoms with Crippen LogP contribution in [0.15, 0.2) is 78.9 Å². The molecule has 2 heterocycles. The topological polar surface area (TPSA) is 59.8 Å². The highest BCUT2D eigenvalue weighted by Gasteiger charge is 2.27. The Balaban J connectivity index is 1.43. The third-order valence-electron chi connectivity index (χ3n) is 6.57. The van der Waals surface area contributed by atoms with Gasteiger partial charge in [-0.25, -0.2) is 4.68 Å². The molecule has 3 aromatic carbocycles. The lowest BCUT2D eigenvalue weighted by Gasteiger charge is -2.34. The van der Waals surface area contributed by atoms with Crippen LogP contribution in [-0.4, -0.2) is 65.9 Å². The Morgan fingerprint density at radius 3 is 2.38 bits per heavy atom. The molecule has 37 heavy (non-hydrogen) atoms. The number of methoxy groups -OCH3 is 2. The molecule has 1 amide bonds. The normalized spacial score (nSPS) is 14.0. The van der Waals surface area contributed by atoms with Crippen molar-refractivity contribution in [2.45, 2.75) is 6.54 Å². The first kappa shape index (κ1) is 24.9. The van der Waals surface area contributed by atoms with Gasteiger partial charge in [0, 0.05) is 49.4 Å². The molecule has 0 spiro atoms. The molecule has 190 valence electrons. The minimum Gasteiger partial charge on any atom is -0.497 e. The van der Waals surface area contributed by atoms with Crippen LogP contribution >= 0.6 is 11.6 Å². The number of halogens is 1. The van der Waals surface area contributed by atoms with Gasteiger partial charge in [-0.15, -0.1) is 0 Å². The maximum absolute atomic E-state index is 13.8. The number of rotatable bonds is 7. The molecule has 8 heteroatoms. The monoisotopic (exact) mass is 516 g/mol. The fourth-order valence-corrected chi connectivity index (χ4v) is 4.78. The molecule has 5 rings (SSSR count). The highest BCUT2D eigenvalue weighted by Crippen LogP contribution is 2.34. The van der Waals surface area contributed by atoms with E-state index < -0.39 is 0 Å². The van der Waals surface area contributed by atoms with Crippen LogP contribution < -0.4 is 9.47 Å². The third-order valence-corrected chi connectivity index (χ3v) is 6.81.